The maximum Gasteiger partial charge on any atom is 0.249 e. The fourth-order valence-electron chi connectivity index (χ4n) is 6.71. The summed E-state index contributed by atoms with van der Waals surface area (Å²) in [7, 11) is 0. The molecule has 0 fully saturated rings. The maximum atomic E-state index is 4.84. The Hall–Kier alpha value is -4.30. The molecule has 4 heterocycles. The summed E-state index contributed by atoms with van der Waals surface area (Å²) < 4.78 is 4.86. The van der Waals surface area contributed by atoms with Crippen LogP contribution >= 0.6 is 0 Å². The van der Waals surface area contributed by atoms with E-state index in [0.717, 1.165) is 18.5 Å². The number of aromatic nitrogens is 2. The molecular weight excluding hydrogens is 472 g/mol. The molecule has 2 unspecified atom stereocenters. The molecule has 0 radical (unpaired) electrons. The summed E-state index contributed by atoms with van der Waals surface area (Å²) in [6.07, 6.45) is 6.66. The lowest BCUT2D eigenvalue weighted by molar-refractivity contribution is -0.727. The first-order chi connectivity index (χ1) is 19.0. The zero-order valence-electron chi connectivity index (χ0n) is 23.0. The summed E-state index contributed by atoms with van der Waals surface area (Å²) >= 11 is 0. The Labute approximate surface area is 231 Å². The van der Waals surface area contributed by atoms with E-state index in [4.69, 9.17) is 6.58 Å². The third kappa shape index (κ3) is 3.94. The second-order valence-electron chi connectivity index (χ2n) is 11.4. The Morgan fingerprint density at radius 2 is 1.46 bits per heavy atom. The van der Waals surface area contributed by atoms with Crippen LogP contribution in [0.3, 0.4) is 0 Å². The van der Waals surface area contributed by atoms with Gasteiger partial charge in [0.1, 0.15) is 0 Å². The highest BCUT2D eigenvalue weighted by atomic mass is 15.1. The summed E-state index contributed by atoms with van der Waals surface area (Å²) in [6.45, 7) is 11.4. The fraction of sp³-hybridized carbons (Fsp3) is 0.189. The smallest absolute Gasteiger partial charge is 0.184 e. The van der Waals surface area contributed by atoms with Crippen LogP contribution in [0.25, 0.3) is 39.3 Å². The molecule has 0 N–H and O–H groups in total. The van der Waals surface area contributed by atoms with Gasteiger partial charge in [0.15, 0.2) is 12.4 Å². The van der Waals surface area contributed by atoms with E-state index < -0.39 is 0 Å². The number of fused-ring (bicyclic) bond motifs is 9. The van der Waals surface area contributed by atoms with Crippen LogP contribution in [0.15, 0.2) is 110 Å². The number of allylic oxidation sites excluding steroid dienone is 1. The second-order valence-corrected chi connectivity index (χ2v) is 11.4. The highest BCUT2D eigenvalue weighted by Gasteiger charge is 2.46. The third-order valence-electron chi connectivity index (χ3n) is 8.70. The van der Waals surface area contributed by atoms with E-state index in [1.165, 1.54) is 61.5 Å². The van der Waals surface area contributed by atoms with Crippen molar-refractivity contribution in [2.45, 2.75) is 45.6 Å². The van der Waals surface area contributed by atoms with E-state index in [1.54, 1.807) is 0 Å². The number of benzene rings is 3. The van der Waals surface area contributed by atoms with Crippen molar-refractivity contribution in [1.29, 1.82) is 0 Å². The lowest BCUT2D eigenvalue weighted by Crippen LogP contribution is -2.53. The first kappa shape index (κ1) is 23.8. The van der Waals surface area contributed by atoms with Crippen LogP contribution < -0.4 is 9.13 Å². The molecule has 0 saturated carbocycles. The standard InChI is InChI=1S/C37H34N2/c1-24-9-13-28(14-10-24)30-19-20-38-27(4)37-33(17-15-29-7-5-6-8-31(29)36(38)22-30)34-21-25(2)11-16-32(34)35-18-12-26(3)23-39(35)37/h5-14,16,18-23,33,37H,4,15,17H2,1-3H3/q+2. The molecule has 39 heavy (non-hydrogen) atoms. The SMILES string of the molecule is C=C1C2C(CCc3ccccc3-c3cc(-c4ccc(C)cc4)cc[n+]31)c1cc(C)ccc1-c1ccc(C)c[n+]12. The van der Waals surface area contributed by atoms with Crippen LogP contribution in [0.2, 0.25) is 0 Å². The van der Waals surface area contributed by atoms with E-state index in [0.29, 0.717) is 5.92 Å². The highest BCUT2D eigenvalue weighted by molar-refractivity contribution is 5.72. The van der Waals surface area contributed by atoms with Gasteiger partial charge in [-0.15, -0.1) is 0 Å². The quantitative estimate of drug-likeness (QED) is 0.204. The molecule has 0 saturated heterocycles. The molecule has 7 rings (SSSR count). The molecule has 2 nitrogen and oxygen atoms in total. The number of hydrogen-bond donors (Lipinski definition) is 0. The van der Waals surface area contributed by atoms with Gasteiger partial charge in [-0.1, -0.05) is 65.7 Å². The normalized spacial score (nSPS) is 17.5. The molecule has 2 aliphatic heterocycles. The predicted octanol–water partition coefficient (Wildman–Crippen LogP) is 7.94. The Bertz CT molecular complexity index is 1760. The molecule has 3 aromatic carbocycles. The largest absolute Gasteiger partial charge is 0.249 e. The molecule has 5 aromatic rings. The average molecular weight is 507 g/mol. The number of hydrogen-bond acceptors (Lipinski definition) is 0. The summed E-state index contributed by atoms with van der Waals surface area (Å²) in [6, 6.07) is 34.0. The summed E-state index contributed by atoms with van der Waals surface area (Å²) in [4.78, 5) is 0. The number of nitrogens with zero attached hydrogens (tertiary/aromatic N) is 2. The van der Waals surface area contributed by atoms with E-state index in [1.807, 2.05) is 0 Å². The molecule has 2 heteroatoms. The molecule has 0 aliphatic carbocycles. The van der Waals surface area contributed by atoms with Crippen molar-refractivity contribution in [3.63, 3.8) is 0 Å². The van der Waals surface area contributed by atoms with Crippen LogP contribution in [-0.4, -0.2) is 0 Å². The van der Waals surface area contributed by atoms with Crippen LogP contribution in [0.1, 0.15) is 46.2 Å². The molecule has 190 valence electrons. The predicted molar refractivity (Wildman–Crippen MR) is 159 cm³/mol. The molecule has 2 aliphatic rings. The molecule has 0 amide bonds. The number of pyridine rings is 2. The van der Waals surface area contributed by atoms with Gasteiger partial charge < -0.3 is 0 Å². The van der Waals surface area contributed by atoms with Crippen molar-refractivity contribution in [2.24, 2.45) is 0 Å². The Morgan fingerprint density at radius 3 is 2.31 bits per heavy atom. The average Bonchev–Trinajstić information content (AvgIpc) is 3.00. The van der Waals surface area contributed by atoms with Crippen molar-refractivity contribution in [3.05, 3.63) is 138 Å². The zero-order valence-corrected chi connectivity index (χ0v) is 23.0. The number of aryl methyl sites for hydroxylation is 4. The molecule has 2 aromatic heterocycles. The van der Waals surface area contributed by atoms with Gasteiger partial charge in [-0.05, 0) is 80.6 Å². The van der Waals surface area contributed by atoms with E-state index >= 15 is 0 Å². The second kappa shape index (κ2) is 9.17. The minimum absolute atomic E-state index is 0.123. The Morgan fingerprint density at radius 1 is 0.692 bits per heavy atom. The van der Waals surface area contributed by atoms with Gasteiger partial charge in [-0.25, -0.2) is 0 Å². The van der Waals surface area contributed by atoms with Gasteiger partial charge in [0, 0.05) is 34.9 Å². The molecule has 0 bridgehead atoms. The van der Waals surface area contributed by atoms with E-state index in [9.17, 15) is 0 Å². The monoisotopic (exact) mass is 506 g/mol. The first-order valence-corrected chi connectivity index (χ1v) is 14.0. The lowest BCUT2D eigenvalue weighted by atomic mass is 9.78. The summed E-state index contributed by atoms with van der Waals surface area (Å²) in [5.74, 6) is 0.329. The Balaban J connectivity index is 1.48. The van der Waals surface area contributed by atoms with Crippen molar-refractivity contribution in [3.8, 4) is 33.6 Å². The van der Waals surface area contributed by atoms with Crippen LogP contribution in [0.5, 0.6) is 0 Å². The Kier molecular flexibility index (Phi) is 5.59. The minimum Gasteiger partial charge on any atom is -0.184 e. The van der Waals surface area contributed by atoms with Gasteiger partial charge in [-0.2, -0.15) is 9.13 Å². The molecule has 2 atom stereocenters. The third-order valence-corrected chi connectivity index (χ3v) is 8.70. The van der Waals surface area contributed by atoms with Crippen LogP contribution in [0.4, 0.5) is 0 Å². The van der Waals surface area contributed by atoms with Crippen LogP contribution in [-0.2, 0) is 6.42 Å². The van der Waals surface area contributed by atoms with Crippen LogP contribution in [0, 0.1) is 20.8 Å². The van der Waals surface area contributed by atoms with Gasteiger partial charge in [0.25, 0.3) is 0 Å². The van der Waals surface area contributed by atoms with Gasteiger partial charge in [-0.3, -0.25) is 0 Å². The fourth-order valence-corrected chi connectivity index (χ4v) is 6.71. The highest BCUT2D eigenvalue weighted by Crippen LogP contribution is 2.45. The lowest BCUT2D eigenvalue weighted by Gasteiger charge is -2.30. The number of rotatable bonds is 1. The minimum atomic E-state index is 0.123. The summed E-state index contributed by atoms with van der Waals surface area (Å²) in [5, 5.41) is 0. The van der Waals surface area contributed by atoms with E-state index in [-0.39, 0.29) is 6.04 Å². The molecular formula is C37H34N2+2. The zero-order chi connectivity index (χ0) is 26.7. The van der Waals surface area contributed by atoms with Crippen molar-refractivity contribution < 1.29 is 9.13 Å². The van der Waals surface area contributed by atoms with Gasteiger partial charge in [0.05, 0.1) is 5.92 Å². The van der Waals surface area contributed by atoms with E-state index in [2.05, 4.69) is 133 Å². The van der Waals surface area contributed by atoms with Crippen molar-refractivity contribution >= 4 is 5.70 Å². The maximum absolute atomic E-state index is 4.84. The topological polar surface area (TPSA) is 7.76 Å². The van der Waals surface area contributed by atoms with Crippen molar-refractivity contribution in [2.75, 3.05) is 0 Å². The first-order valence-electron chi connectivity index (χ1n) is 14.0. The van der Waals surface area contributed by atoms with Crippen molar-refractivity contribution in [1.82, 2.24) is 0 Å². The summed E-state index contributed by atoms with van der Waals surface area (Å²) in [5.41, 5.74) is 15.4. The van der Waals surface area contributed by atoms with Gasteiger partial charge >= 0.3 is 0 Å². The van der Waals surface area contributed by atoms with Gasteiger partial charge in [0.2, 0.25) is 23.1 Å². The molecule has 0 spiro atoms.